The van der Waals surface area contributed by atoms with E-state index in [4.69, 9.17) is 0 Å². The number of nitrogens with zero attached hydrogens (tertiary/aromatic N) is 1. The van der Waals surface area contributed by atoms with E-state index in [0.29, 0.717) is 24.2 Å². The number of rotatable bonds is 4. The summed E-state index contributed by atoms with van der Waals surface area (Å²) in [4.78, 5) is 14.1. The molecular formula is C16H23NO. The molecule has 1 saturated heterocycles. The van der Waals surface area contributed by atoms with Crippen LogP contribution >= 0.6 is 0 Å². The van der Waals surface area contributed by atoms with Crippen molar-refractivity contribution in [3.05, 3.63) is 35.9 Å². The molecule has 0 aromatic heterocycles. The van der Waals surface area contributed by atoms with E-state index in [0.717, 1.165) is 25.9 Å². The van der Waals surface area contributed by atoms with Crippen molar-refractivity contribution >= 4 is 5.91 Å². The molecule has 2 nitrogen and oxygen atoms in total. The summed E-state index contributed by atoms with van der Waals surface area (Å²) in [6, 6.07) is 10.6. The summed E-state index contributed by atoms with van der Waals surface area (Å²) in [5.41, 5.74) is 1.37. The predicted molar refractivity (Wildman–Crippen MR) is 74.5 cm³/mol. The summed E-state index contributed by atoms with van der Waals surface area (Å²) >= 11 is 0. The molecule has 0 aliphatic carbocycles. The molecule has 0 spiro atoms. The van der Waals surface area contributed by atoms with Crippen molar-refractivity contribution in [2.75, 3.05) is 13.1 Å². The maximum atomic E-state index is 12.1. The average Bonchev–Trinajstić information content (AvgIpc) is 2.86. The van der Waals surface area contributed by atoms with Gasteiger partial charge in [0.05, 0.1) is 0 Å². The highest BCUT2D eigenvalue weighted by molar-refractivity contribution is 5.76. The van der Waals surface area contributed by atoms with Gasteiger partial charge in [0, 0.05) is 25.4 Å². The predicted octanol–water partition coefficient (Wildman–Crippen LogP) is 3.44. The second kappa shape index (κ2) is 6.03. The molecule has 0 saturated carbocycles. The highest BCUT2D eigenvalue weighted by Crippen LogP contribution is 2.27. The van der Waals surface area contributed by atoms with Crippen molar-refractivity contribution in [1.82, 2.24) is 4.90 Å². The molecule has 1 fully saturated rings. The molecule has 1 amide bonds. The van der Waals surface area contributed by atoms with Crippen LogP contribution in [0, 0.1) is 5.92 Å². The molecule has 1 aromatic carbocycles. The Balaban J connectivity index is 1.87. The highest BCUT2D eigenvalue weighted by Gasteiger charge is 2.26. The zero-order chi connectivity index (χ0) is 13.0. The Morgan fingerprint density at radius 3 is 2.72 bits per heavy atom. The molecule has 18 heavy (non-hydrogen) atoms. The third kappa shape index (κ3) is 3.34. The molecule has 1 atom stereocenters. The Kier molecular flexibility index (Phi) is 4.40. The minimum atomic E-state index is 0.335. The maximum Gasteiger partial charge on any atom is 0.222 e. The van der Waals surface area contributed by atoms with Crippen molar-refractivity contribution in [3.8, 4) is 0 Å². The van der Waals surface area contributed by atoms with Gasteiger partial charge in [-0.05, 0) is 24.3 Å². The molecule has 0 radical (unpaired) electrons. The van der Waals surface area contributed by atoms with Crippen LogP contribution in [0.5, 0.6) is 0 Å². The Morgan fingerprint density at radius 2 is 2.06 bits per heavy atom. The number of likely N-dealkylation sites (tertiary alicyclic amines) is 1. The van der Waals surface area contributed by atoms with Crippen molar-refractivity contribution < 1.29 is 4.79 Å². The summed E-state index contributed by atoms with van der Waals surface area (Å²) in [7, 11) is 0. The topological polar surface area (TPSA) is 20.3 Å². The van der Waals surface area contributed by atoms with E-state index in [-0.39, 0.29) is 0 Å². The van der Waals surface area contributed by atoms with Gasteiger partial charge in [0.1, 0.15) is 0 Å². The van der Waals surface area contributed by atoms with Crippen molar-refractivity contribution in [1.29, 1.82) is 0 Å². The number of hydrogen-bond acceptors (Lipinski definition) is 1. The summed E-state index contributed by atoms with van der Waals surface area (Å²) in [6.07, 6.45) is 2.82. The van der Waals surface area contributed by atoms with Crippen LogP contribution in [0.3, 0.4) is 0 Å². The van der Waals surface area contributed by atoms with Crippen LogP contribution in [-0.4, -0.2) is 23.9 Å². The fourth-order valence-electron chi connectivity index (χ4n) is 2.55. The first-order valence-corrected chi connectivity index (χ1v) is 6.99. The maximum absolute atomic E-state index is 12.1. The van der Waals surface area contributed by atoms with E-state index < -0.39 is 0 Å². The third-order valence-corrected chi connectivity index (χ3v) is 3.75. The quantitative estimate of drug-likeness (QED) is 0.795. The van der Waals surface area contributed by atoms with Crippen molar-refractivity contribution in [3.63, 3.8) is 0 Å². The molecule has 1 aliphatic rings. The van der Waals surface area contributed by atoms with Gasteiger partial charge in [0.15, 0.2) is 0 Å². The number of hydrogen-bond donors (Lipinski definition) is 0. The number of amides is 1. The number of carbonyl (C=O) groups is 1. The van der Waals surface area contributed by atoms with Gasteiger partial charge in [0.25, 0.3) is 0 Å². The van der Waals surface area contributed by atoms with Crippen LogP contribution in [0.2, 0.25) is 0 Å². The fourth-order valence-corrected chi connectivity index (χ4v) is 2.55. The second-order valence-electron chi connectivity index (χ2n) is 5.67. The van der Waals surface area contributed by atoms with E-state index in [1.165, 1.54) is 5.56 Å². The average molecular weight is 245 g/mol. The first-order valence-electron chi connectivity index (χ1n) is 6.99. The smallest absolute Gasteiger partial charge is 0.222 e. The van der Waals surface area contributed by atoms with Gasteiger partial charge in [-0.1, -0.05) is 44.2 Å². The molecule has 1 heterocycles. The molecule has 0 N–H and O–H groups in total. The minimum absolute atomic E-state index is 0.335. The Bertz CT molecular complexity index is 385. The van der Waals surface area contributed by atoms with Crippen LogP contribution in [0.4, 0.5) is 0 Å². The van der Waals surface area contributed by atoms with E-state index in [1.54, 1.807) is 0 Å². The van der Waals surface area contributed by atoms with Crippen LogP contribution in [-0.2, 0) is 4.79 Å². The molecule has 0 bridgehead atoms. The van der Waals surface area contributed by atoms with Crippen LogP contribution in [0.25, 0.3) is 0 Å². The monoisotopic (exact) mass is 245 g/mol. The number of carbonyl (C=O) groups excluding carboxylic acids is 1. The molecule has 2 heteroatoms. The summed E-state index contributed by atoms with van der Waals surface area (Å²) in [5, 5.41) is 0. The van der Waals surface area contributed by atoms with Gasteiger partial charge in [-0.3, -0.25) is 4.79 Å². The van der Waals surface area contributed by atoms with Crippen molar-refractivity contribution in [2.45, 2.75) is 39.0 Å². The van der Waals surface area contributed by atoms with Gasteiger partial charge in [-0.15, -0.1) is 0 Å². The molecule has 1 unspecified atom stereocenters. The lowest BCUT2D eigenvalue weighted by Crippen LogP contribution is -2.28. The standard InChI is InChI=1S/C16H23NO/c1-13(2)8-9-16(18)17-11-10-15(12-17)14-6-4-3-5-7-14/h3-7,13,15H,8-12H2,1-2H3. The lowest BCUT2D eigenvalue weighted by atomic mass is 9.99. The lowest BCUT2D eigenvalue weighted by molar-refractivity contribution is -0.130. The molecule has 1 aromatic rings. The van der Waals surface area contributed by atoms with E-state index in [2.05, 4.69) is 38.1 Å². The van der Waals surface area contributed by atoms with Crippen LogP contribution in [0.1, 0.15) is 44.6 Å². The summed E-state index contributed by atoms with van der Waals surface area (Å²) in [6.45, 7) is 6.17. The molecule has 98 valence electrons. The SMILES string of the molecule is CC(C)CCC(=O)N1CCC(c2ccccc2)C1. The molecule has 1 aliphatic heterocycles. The van der Waals surface area contributed by atoms with Gasteiger partial charge >= 0.3 is 0 Å². The van der Waals surface area contributed by atoms with E-state index in [9.17, 15) is 4.79 Å². The fraction of sp³-hybridized carbons (Fsp3) is 0.562. The van der Waals surface area contributed by atoms with Crippen LogP contribution in [0.15, 0.2) is 30.3 Å². The van der Waals surface area contributed by atoms with Crippen LogP contribution < -0.4 is 0 Å². The summed E-state index contributed by atoms with van der Waals surface area (Å²) < 4.78 is 0. The number of benzene rings is 1. The Labute approximate surface area is 110 Å². The second-order valence-corrected chi connectivity index (χ2v) is 5.67. The third-order valence-electron chi connectivity index (χ3n) is 3.75. The normalized spacial score (nSPS) is 19.5. The zero-order valence-electron chi connectivity index (χ0n) is 11.4. The van der Waals surface area contributed by atoms with Gasteiger partial charge in [-0.25, -0.2) is 0 Å². The lowest BCUT2D eigenvalue weighted by Gasteiger charge is -2.17. The minimum Gasteiger partial charge on any atom is -0.342 e. The van der Waals surface area contributed by atoms with E-state index >= 15 is 0 Å². The van der Waals surface area contributed by atoms with Crippen molar-refractivity contribution in [2.24, 2.45) is 5.92 Å². The first-order chi connectivity index (χ1) is 8.66. The summed E-state index contributed by atoms with van der Waals surface area (Å²) in [5.74, 6) is 1.48. The van der Waals surface area contributed by atoms with Gasteiger partial charge in [-0.2, -0.15) is 0 Å². The molecule has 2 rings (SSSR count). The Hall–Kier alpha value is -1.31. The zero-order valence-corrected chi connectivity index (χ0v) is 11.4. The Morgan fingerprint density at radius 1 is 1.33 bits per heavy atom. The molecular weight excluding hydrogens is 222 g/mol. The van der Waals surface area contributed by atoms with E-state index in [1.807, 2.05) is 11.0 Å². The largest absolute Gasteiger partial charge is 0.342 e. The van der Waals surface area contributed by atoms with Gasteiger partial charge in [0.2, 0.25) is 5.91 Å². The first kappa shape index (κ1) is 13.1. The van der Waals surface area contributed by atoms with Gasteiger partial charge < -0.3 is 4.90 Å². The highest BCUT2D eigenvalue weighted by atomic mass is 16.2.